The standard InChI is InChI=1S/C20H23NO5/c1-5-26-20(24)14-10-21-15(11(2)3)6-12-7-18(23)19(25-4)8-13(12)16(21)9-17(14)22/h7-11,15,23H,5-6H2,1-4H3/t15-/m0/s1. The highest BCUT2D eigenvalue weighted by Crippen LogP contribution is 2.42. The molecule has 0 radical (unpaired) electrons. The molecule has 0 saturated carbocycles. The highest BCUT2D eigenvalue weighted by molar-refractivity contribution is 5.89. The zero-order valence-corrected chi connectivity index (χ0v) is 15.4. The number of carbonyl (C=O) groups excluding carboxylic acids is 1. The van der Waals surface area contributed by atoms with E-state index in [1.807, 2.05) is 4.57 Å². The van der Waals surface area contributed by atoms with E-state index >= 15 is 0 Å². The summed E-state index contributed by atoms with van der Waals surface area (Å²) in [6.45, 7) is 6.10. The molecule has 2 heterocycles. The van der Waals surface area contributed by atoms with Gasteiger partial charge < -0.3 is 19.1 Å². The average molecular weight is 357 g/mol. The number of phenolic OH excluding ortho intramolecular Hbond substituents is 1. The van der Waals surface area contributed by atoms with E-state index in [0.717, 1.165) is 11.1 Å². The van der Waals surface area contributed by atoms with Crippen molar-refractivity contribution in [1.82, 2.24) is 4.57 Å². The molecule has 1 aromatic heterocycles. The van der Waals surface area contributed by atoms with Crippen LogP contribution in [-0.2, 0) is 11.2 Å². The van der Waals surface area contributed by atoms with E-state index in [4.69, 9.17) is 9.47 Å². The van der Waals surface area contributed by atoms with Gasteiger partial charge in [0.15, 0.2) is 16.9 Å². The molecule has 3 rings (SSSR count). The second kappa shape index (κ2) is 6.86. The first kappa shape index (κ1) is 18.0. The SMILES string of the molecule is CCOC(=O)c1cn2c(cc1=O)-c1cc(OC)c(O)cc1C[C@H]2C(C)C. The van der Waals surface area contributed by atoms with E-state index in [1.54, 1.807) is 25.3 Å². The molecule has 0 amide bonds. The normalized spacial score (nSPS) is 15.3. The predicted octanol–water partition coefficient (Wildman–Crippen LogP) is 3.16. The molecule has 1 aliphatic heterocycles. The fourth-order valence-corrected chi connectivity index (χ4v) is 3.47. The van der Waals surface area contributed by atoms with Crippen LogP contribution in [0.1, 0.15) is 42.7 Å². The Bertz CT molecular complexity index is 913. The number of hydrogen-bond donors (Lipinski definition) is 1. The van der Waals surface area contributed by atoms with Crippen molar-refractivity contribution in [2.75, 3.05) is 13.7 Å². The Kier molecular flexibility index (Phi) is 4.76. The largest absolute Gasteiger partial charge is 0.504 e. The minimum Gasteiger partial charge on any atom is -0.504 e. The highest BCUT2D eigenvalue weighted by atomic mass is 16.5. The summed E-state index contributed by atoms with van der Waals surface area (Å²) < 4.78 is 12.2. The van der Waals surface area contributed by atoms with Gasteiger partial charge in [-0.2, -0.15) is 0 Å². The first-order valence-corrected chi connectivity index (χ1v) is 8.70. The number of fused-ring (bicyclic) bond motifs is 3. The van der Waals surface area contributed by atoms with Gasteiger partial charge in [0.2, 0.25) is 0 Å². The Morgan fingerprint density at radius 1 is 1.35 bits per heavy atom. The number of hydrogen-bond acceptors (Lipinski definition) is 5. The number of esters is 1. The summed E-state index contributed by atoms with van der Waals surface area (Å²) in [5.41, 5.74) is 2.14. The van der Waals surface area contributed by atoms with Gasteiger partial charge in [-0.05, 0) is 37.0 Å². The zero-order chi connectivity index (χ0) is 19.0. The van der Waals surface area contributed by atoms with Crippen LogP contribution in [0.15, 0.2) is 29.2 Å². The number of nitrogens with zero attached hydrogens (tertiary/aromatic N) is 1. The van der Waals surface area contributed by atoms with Crippen molar-refractivity contribution >= 4 is 5.97 Å². The Balaban J connectivity index is 2.25. The van der Waals surface area contributed by atoms with Gasteiger partial charge in [-0.25, -0.2) is 4.79 Å². The van der Waals surface area contributed by atoms with Crippen LogP contribution in [0.2, 0.25) is 0 Å². The van der Waals surface area contributed by atoms with Gasteiger partial charge in [-0.3, -0.25) is 4.79 Å². The monoisotopic (exact) mass is 357 g/mol. The third-order valence-corrected chi connectivity index (χ3v) is 4.81. The summed E-state index contributed by atoms with van der Waals surface area (Å²) in [5.74, 6) is 0.0843. The maximum atomic E-state index is 12.5. The van der Waals surface area contributed by atoms with Gasteiger partial charge in [0, 0.05) is 23.9 Å². The lowest BCUT2D eigenvalue weighted by atomic mass is 9.87. The molecule has 1 aromatic carbocycles. The Hall–Kier alpha value is -2.76. The Labute approximate surface area is 152 Å². The number of methoxy groups -OCH3 is 1. The van der Waals surface area contributed by atoms with E-state index in [9.17, 15) is 14.7 Å². The fraction of sp³-hybridized carbons (Fsp3) is 0.400. The second-order valence-corrected chi connectivity index (χ2v) is 6.76. The molecule has 0 saturated heterocycles. The van der Waals surface area contributed by atoms with Crippen LogP contribution in [0.3, 0.4) is 0 Å². The smallest absolute Gasteiger partial charge is 0.343 e. The topological polar surface area (TPSA) is 77.8 Å². The molecule has 2 aromatic rings. The number of rotatable bonds is 4. The maximum Gasteiger partial charge on any atom is 0.343 e. The number of ether oxygens (including phenoxy) is 2. The van der Waals surface area contributed by atoms with E-state index in [1.165, 1.54) is 13.2 Å². The number of pyridine rings is 1. The van der Waals surface area contributed by atoms with Crippen LogP contribution in [0.4, 0.5) is 0 Å². The van der Waals surface area contributed by atoms with Gasteiger partial charge in [0.1, 0.15) is 5.56 Å². The van der Waals surface area contributed by atoms with Crippen molar-refractivity contribution in [1.29, 1.82) is 0 Å². The van der Waals surface area contributed by atoms with Crippen molar-refractivity contribution in [3.63, 3.8) is 0 Å². The average Bonchev–Trinajstić information content (AvgIpc) is 2.59. The van der Waals surface area contributed by atoms with E-state index < -0.39 is 5.97 Å². The molecule has 0 aliphatic carbocycles. The van der Waals surface area contributed by atoms with E-state index in [0.29, 0.717) is 17.9 Å². The molecule has 0 spiro atoms. The van der Waals surface area contributed by atoms with Crippen molar-refractivity contribution in [2.45, 2.75) is 33.2 Å². The summed E-state index contributed by atoms with van der Waals surface area (Å²) in [5, 5.41) is 10.1. The molecule has 6 heteroatoms. The minimum absolute atomic E-state index is 0.0374. The van der Waals surface area contributed by atoms with Crippen molar-refractivity contribution in [3.8, 4) is 22.8 Å². The fourth-order valence-electron chi connectivity index (χ4n) is 3.47. The lowest BCUT2D eigenvalue weighted by molar-refractivity contribution is 0.0523. The lowest BCUT2D eigenvalue weighted by Gasteiger charge is -2.33. The molecular formula is C20H23NO5. The minimum atomic E-state index is -0.607. The quantitative estimate of drug-likeness (QED) is 0.851. The molecule has 6 nitrogen and oxygen atoms in total. The highest BCUT2D eigenvalue weighted by Gasteiger charge is 2.29. The first-order valence-electron chi connectivity index (χ1n) is 8.70. The van der Waals surface area contributed by atoms with Gasteiger partial charge in [-0.15, -0.1) is 0 Å². The van der Waals surface area contributed by atoms with Gasteiger partial charge in [-0.1, -0.05) is 13.8 Å². The zero-order valence-electron chi connectivity index (χ0n) is 15.4. The van der Waals surface area contributed by atoms with Gasteiger partial charge in [0.25, 0.3) is 0 Å². The molecule has 1 atom stereocenters. The molecule has 138 valence electrons. The molecule has 26 heavy (non-hydrogen) atoms. The summed E-state index contributed by atoms with van der Waals surface area (Å²) in [6, 6.07) is 4.95. The molecule has 0 bridgehead atoms. The molecular weight excluding hydrogens is 334 g/mol. The second-order valence-electron chi connectivity index (χ2n) is 6.76. The molecule has 1 N–H and O–H groups in total. The van der Waals surface area contributed by atoms with E-state index in [2.05, 4.69) is 13.8 Å². The van der Waals surface area contributed by atoms with Gasteiger partial charge >= 0.3 is 5.97 Å². The summed E-state index contributed by atoms with van der Waals surface area (Å²) >= 11 is 0. The summed E-state index contributed by atoms with van der Waals surface area (Å²) in [7, 11) is 1.48. The number of benzene rings is 1. The third kappa shape index (κ3) is 2.96. The Morgan fingerprint density at radius 2 is 2.08 bits per heavy atom. The third-order valence-electron chi connectivity index (χ3n) is 4.81. The maximum absolute atomic E-state index is 12.5. The van der Waals surface area contributed by atoms with Crippen molar-refractivity contribution < 1.29 is 19.4 Å². The molecule has 0 unspecified atom stereocenters. The van der Waals surface area contributed by atoms with Crippen molar-refractivity contribution in [2.24, 2.45) is 5.92 Å². The van der Waals surface area contributed by atoms with Crippen LogP contribution < -0.4 is 10.2 Å². The Morgan fingerprint density at radius 3 is 2.69 bits per heavy atom. The predicted molar refractivity (Wildman–Crippen MR) is 97.9 cm³/mol. The number of aromatic nitrogens is 1. The number of phenols is 1. The number of carbonyl (C=O) groups is 1. The van der Waals surface area contributed by atoms with Crippen molar-refractivity contribution in [3.05, 3.63) is 45.7 Å². The van der Waals surface area contributed by atoms with Crippen LogP contribution in [0.5, 0.6) is 11.5 Å². The van der Waals surface area contributed by atoms with Crippen LogP contribution in [0.25, 0.3) is 11.3 Å². The summed E-state index contributed by atoms with van der Waals surface area (Å²) in [6.07, 6.45) is 2.28. The first-order chi connectivity index (χ1) is 12.4. The van der Waals surface area contributed by atoms with Crippen LogP contribution in [0, 0.1) is 5.92 Å². The van der Waals surface area contributed by atoms with Crippen LogP contribution in [-0.4, -0.2) is 29.4 Å². The van der Waals surface area contributed by atoms with Gasteiger partial charge in [0.05, 0.1) is 19.4 Å². The lowest BCUT2D eigenvalue weighted by Crippen LogP contribution is -2.28. The van der Waals surface area contributed by atoms with E-state index in [-0.39, 0.29) is 35.3 Å². The summed E-state index contributed by atoms with van der Waals surface area (Å²) in [4.78, 5) is 24.7. The number of aromatic hydroxyl groups is 1. The molecule has 1 aliphatic rings. The molecule has 0 fully saturated rings. The van der Waals surface area contributed by atoms with Crippen LogP contribution >= 0.6 is 0 Å².